The fourth-order valence-electron chi connectivity index (χ4n) is 4.26. The lowest BCUT2D eigenvalue weighted by molar-refractivity contribution is 0.0342. The molecule has 2 heterocycles. The Morgan fingerprint density at radius 2 is 2.00 bits per heavy atom. The van der Waals surface area contributed by atoms with Gasteiger partial charge in [0.15, 0.2) is 0 Å². The molecule has 0 radical (unpaired) electrons. The third-order valence-corrected chi connectivity index (χ3v) is 5.85. The molecule has 1 saturated heterocycles. The Morgan fingerprint density at radius 1 is 1.20 bits per heavy atom. The number of pyridine rings is 1. The minimum Gasteiger partial charge on any atom is -0.383 e. The summed E-state index contributed by atoms with van der Waals surface area (Å²) in [6, 6.07) is 10.3. The number of anilines is 1. The number of benzene rings is 1. The Balaban J connectivity index is 1.54. The van der Waals surface area contributed by atoms with Crippen molar-refractivity contribution < 1.29 is 4.74 Å². The van der Waals surface area contributed by atoms with Crippen molar-refractivity contribution in [2.75, 3.05) is 31.6 Å². The van der Waals surface area contributed by atoms with Crippen molar-refractivity contribution in [3.05, 3.63) is 58.0 Å². The van der Waals surface area contributed by atoms with Gasteiger partial charge >= 0.3 is 0 Å². The zero-order valence-corrected chi connectivity index (χ0v) is 17.4. The van der Waals surface area contributed by atoms with Crippen LogP contribution in [0.15, 0.2) is 46.3 Å². The smallest absolute Gasteiger partial charge is 0.261 e. The average molecular weight is 410 g/mol. The summed E-state index contributed by atoms with van der Waals surface area (Å²) in [7, 11) is 0. The molecule has 0 spiro atoms. The molecular formula is C23H31N5O2. The van der Waals surface area contributed by atoms with Gasteiger partial charge in [0, 0.05) is 31.9 Å². The highest BCUT2D eigenvalue weighted by atomic mass is 16.5. The van der Waals surface area contributed by atoms with Gasteiger partial charge in [-0.05, 0) is 36.6 Å². The Morgan fingerprint density at radius 3 is 2.80 bits per heavy atom. The van der Waals surface area contributed by atoms with Crippen molar-refractivity contribution in [2.24, 2.45) is 10.7 Å². The van der Waals surface area contributed by atoms with Gasteiger partial charge in [-0.25, -0.2) is 4.99 Å². The van der Waals surface area contributed by atoms with Crippen molar-refractivity contribution in [1.29, 1.82) is 0 Å². The van der Waals surface area contributed by atoms with Crippen LogP contribution in [0, 0.1) is 0 Å². The first-order chi connectivity index (χ1) is 14.7. The summed E-state index contributed by atoms with van der Waals surface area (Å²) in [5.41, 5.74) is 9.22. The summed E-state index contributed by atoms with van der Waals surface area (Å²) in [6.45, 7) is 4.28. The molecular weight excluding hydrogens is 378 g/mol. The van der Waals surface area contributed by atoms with Crippen LogP contribution in [0.5, 0.6) is 0 Å². The number of H-pyrrole nitrogens is 1. The van der Waals surface area contributed by atoms with E-state index < -0.39 is 0 Å². The van der Waals surface area contributed by atoms with Crippen LogP contribution >= 0.6 is 0 Å². The number of nitrogens with one attached hydrogen (secondary N) is 2. The molecule has 1 aliphatic carbocycles. The predicted molar refractivity (Wildman–Crippen MR) is 120 cm³/mol. The first kappa shape index (κ1) is 20.6. The largest absolute Gasteiger partial charge is 0.383 e. The molecule has 30 heavy (non-hydrogen) atoms. The summed E-state index contributed by atoms with van der Waals surface area (Å²) < 4.78 is 5.42. The lowest BCUT2D eigenvalue weighted by atomic mass is 9.95. The van der Waals surface area contributed by atoms with E-state index in [2.05, 4.69) is 26.3 Å². The van der Waals surface area contributed by atoms with Gasteiger partial charge in [0.2, 0.25) is 0 Å². The van der Waals surface area contributed by atoms with E-state index in [0.717, 1.165) is 57.1 Å². The minimum absolute atomic E-state index is 0.221. The van der Waals surface area contributed by atoms with Gasteiger partial charge in [-0.1, -0.05) is 31.4 Å². The Labute approximate surface area is 177 Å². The lowest BCUT2D eigenvalue weighted by Crippen LogP contribution is -2.35. The molecule has 160 valence electrons. The maximum absolute atomic E-state index is 12.6. The first-order valence-corrected chi connectivity index (χ1v) is 10.9. The molecule has 0 atom stereocenters. The highest BCUT2D eigenvalue weighted by Gasteiger charge is 2.18. The number of nitrogens with zero attached hydrogens (tertiary/aromatic N) is 2. The first-order valence-electron chi connectivity index (χ1n) is 10.9. The number of aromatic amines is 1. The van der Waals surface area contributed by atoms with Crippen molar-refractivity contribution in [3.8, 4) is 0 Å². The third kappa shape index (κ3) is 5.29. The molecule has 4 rings (SSSR count). The fraction of sp³-hybridized carbons (Fsp3) is 0.478. The summed E-state index contributed by atoms with van der Waals surface area (Å²) in [5, 5.41) is 3.52. The van der Waals surface area contributed by atoms with E-state index in [0.29, 0.717) is 11.6 Å². The average Bonchev–Trinajstić information content (AvgIpc) is 2.75. The molecule has 1 aromatic heterocycles. The highest BCUT2D eigenvalue weighted by Crippen LogP contribution is 2.23. The standard InChI is InChI=1S/C23H31N5O2/c24-22(21-20(9-10-25-23(21)29)26-18-6-2-1-3-7-18)27-19-8-4-5-17(15-19)16-28-11-13-30-14-12-28/h4-5,8-10,15,18H,1-3,6-7,11-14,16H2,(H2,24,27)(H2,25,26,29). The number of hydrogen-bond acceptors (Lipinski definition) is 5. The number of nitrogens with two attached hydrogens (primary N) is 1. The van der Waals surface area contributed by atoms with E-state index in [1.54, 1.807) is 6.20 Å². The molecule has 1 saturated carbocycles. The van der Waals surface area contributed by atoms with E-state index in [1.165, 1.54) is 24.8 Å². The van der Waals surface area contributed by atoms with Gasteiger partial charge in [0.1, 0.15) is 11.4 Å². The normalized spacial score (nSPS) is 19.0. The van der Waals surface area contributed by atoms with Crippen LogP contribution in [0.4, 0.5) is 11.4 Å². The number of aliphatic imine (C=N–C) groups is 1. The second-order valence-corrected chi connectivity index (χ2v) is 8.13. The van der Waals surface area contributed by atoms with Gasteiger partial charge in [0.25, 0.3) is 5.56 Å². The number of aromatic nitrogens is 1. The molecule has 2 aromatic rings. The number of ether oxygens (including phenoxy) is 1. The molecule has 7 heteroatoms. The molecule has 0 amide bonds. The Hall–Kier alpha value is -2.64. The third-order valence-electron chi connectivity index (χ3n) is 5.85. The van der Waals surface area contributed by atoms with Crippen LogP contribution < -0.4 is 16.6 Å². The number of rotatable bonds is 6. The van der Waals surface area contributed by atoms with Crippen LogP contribution in [0.1, 0.15) is 43.2 Å². The van der Waals surface area contributed by atoms with Crippen LogP contribution in [-0.2, 0) is 11.3 Å². The molecule has 7 nitrogen and oxygen atoms in total. The molecule has 4 N–H and O–H groups in total. The molecule has 2 fully saturated rings. The zero-order valence-electron chi connectivity index (χ0n) is 17.4. The SMILES string of the molecule is NC(=Nc1cccc(CN2CCOCC2)c1)c1c(NC2CCCCC2)cc[nH]c1=O. The Bertz CT molecular complexity index is 927. The van der Waals surface area contributed by atoms with Crippen LogP contribution in [0.2, 0.25) is 0 Å². The van der Waals surface area contributed by atoms with Crippen LogP contribution in [-0.4, -0.2) is 48.1 Å². The molecule has 1 aliphatic heterocycles. The number of morpholine rings is 1. The highest BCUT2D eigenvalue weighted by molar-refractivity contribution is 6.03. The molecule has 0 bridgehead atoms. The maximum Gasteiger partial charge on any atom is 0.261 e. The van der Waals surface area contributed by atoms with Crippen LogP contribution in [0.25, 0.3) is 0 Å². The van der Waals surface area contributed by atoms with Gasteiger partial charge in [-0.15, -0.1) is 0 Å². The molecule has 0 unspecified atom stereocenters. The van der Waals surface area contributed by atoms with E-state index in [1.807, 2.05) is 24.3 Å². The number of hydrogen-bond donors (Lipinski definition) is 3. The minimum atomic E-state index is -0.221. The van der Waals surface area contributed by atoms with Crippen molar-refractivity contribution in [1.82, 2.24) is 9.88 Å². The monoisotopic (exact) mass is 409 g/mol. The molecule has 2 aliphatic rings. The summed E-state index contributed by atoms with van der Waals surface area (Å²) in [6.07, 6.45) is 7.61. The van der Waals surface area contributed by atoms with E-state index in [4.69, 9.17) is 10.5 Å². The summed E-state index contributed by atoms with van der Waals surface area (Å²) in [5.74, 6) is 0.235. The predicted octanol–water partition coefficient (Wildman–Crippen LogP) is 2.99. The van der Waals surface area contributed by atoms with E-state index >= 15 is 0 Å². The Kier molecular flexibility index (Phi) is 6.81. The second kappa shape index (κ2) is 9.91. The van der Waals surface area contributed by atoms with Crippen LogP contribution in [0.3, 0.4) is 0 Å². The summed E-state index contributed by atoms with van der Waals surface area (Å²) >= 11 is 0. The van der Waals surface area contributed by atoms with Gasteiger partial charge in [0.05, 0.1) is 24.6 Å². The fourth-order valence-corrected chi connectivity index (χ4v) is 4.26. The van der Waals surface area contributed by atoms with Crippen molar-refractivity contribution in [2.45, 2.75) is 44.7 Å². The van der Waals surface area contributed by atoms with Gasteiger partial charge in [-0.3, -0.25) is 9.69 Å². The van der Waals surface area contributed by atoms with Crippen molar-refractivity contribution >= 4 is 17.2 Å². The second-order valence-electron chi connectivity index (χ2n) is 8.13. The van der Waals surface area contributed by atoms with Gasteiger partial charge < -0.3 is 20.8 Å². The quantitative estimate of drug-likeness (QED) is 0.504. The van der Waals surface area contributed by atoms with E-state index in [-0.39, 0.29) is 11.4 Å². The van der Waals surface area contributed by atoms with Gasteiger partial charge in [-0.2, -0.15) is 0 Å². The maximum atomic E-state index is 12.6. The van der Waals surface area contributed by atoms with E-state index in [9.17, 15) is 4.79 Å². The molecule has 1 aromatic carbocycles. The number of amidine groups is 1. The zero-order chi connectivity index (χ0) is 20.8. The topological polar surface area (TPSA) is 95.7 Å². The lowest BCUT2D eigenvalue weighted by Gasteiger charge is -2.26. The van der Waals surface area contributed by atoms with Crippen molar-refractivity contribution in [3.63, 3.8) is 0 Å². The summed E-state index contributed by atoms with van der Waals surface area (Å²) in [4.78, 5) is 22.3.